The highest BCUT2D eigenvalue weighted by Crippen LogP contribution is 2.53. The van der Waals surface area contributed by atoms with E-state index in [-0.39, 0.29) is 5.41 Å². The third kappa shape index (κ3) is 5.02. The standard InChI is InChI=1S/C55H53N3OSi/c1-34(2)30-37-32-47-41-27-26-35(3)31-44(41)55(56(47)33-49(37)60(7,8)9)42-29-28-40-39-20-13-16-25-48(39)59-52(40)50(42)53-57(45-23-14-15-24-46(45)58(53)55)51-38(36-18-11-10-12-19-36)21-17-22-43(51)54(4,5)6/h10-29,31-34H,30H2,1-9H3/q+2. The molecular weight excluding hydrogens is 747 g/mol. The molecule has 0 saturated heterocycles. The van der Waals surface area contributed by atoms with Crippen LogP contribution in [-0.4, -0.2) is 12.6 Å². The van der Waals surface area contributed by atoms with Crippen molar-refractivity contribution in [3.05, 3.63) is 167 Å². The highest BCUT2D eigenvalue weighted by atomic mass is 28.3. The van der Waals surface area contributed by atoms with E-state index in [9.17, 15) is 0 Å². The minimum absolute atomic E-state index is 0.162. The van der Waals surface area contributed by atoms with Crippen molar-refractivity contribution in [3.8, 4) is 39.5 Å². The number of imidazole rings is 1. The lowest BCUT2D eigenvalue weighted by molar-refractivity contribution is -0.944. The summed E-state index contributed by atoms with van der Waals surface area (Å²) in [6.07, 6.45) is 3.65. The summed E-state index contributed by atoms with van der Waals surface area (Å²) in [5.41, 5.74) is 17.2. The van der Waals surface area contributed by atoms with E-state index in [1.54, 1.807) is 0 Å². The molecule has 3 aromatic heterocycles. The zero-order valence-corrected chi connectivity index (χ0v) is 37.3. The summed E-state index contributed by atoms with van der Waals surface area (Å²) in [6, 6.07) is 50.0. The van der Waals surface area contributed by atoms with Crippen molar-refractivity contribution < 1.29 is 13.6 Å². The molecule has 0 aliphatic carbocycles. The fourth-order valence-corrected chi connectivity index (χ4v) is 12.4. The molecule has 0 radical (unpaired) electrons. The molecule has 11 rings (SSSR count). The number of hydrogen-bond acceptors (Lipinski definition) is 1. The van der Waals surface area contributed by atoms with Gasteiger partial charge in [0.2, 0.25) is 5.69 Å². The lowest BCUT2D eigenvalue weighted by Gasteiger charge is -2.24. The van der Waals surface area contributed by atoms with Crippen LogP contribution in [0.15, 0.2) is 144 Å². The molecule has 2 aliphatic heterocycles. The van der Waals surface area contributed by atoms with Gasteiger partial charge in [0.25, 0.3) is 0 Å². The van der Waals surface area contributed by atoms with Crippen molar-refractivity contribution in [1.29, 1.82) is 0 Å². The van der Waals surface area contributed by atoms with E-state index in [1.807, 2.05) is 0 Å². The van der Waals surface area contributed by atoms with E-state index in [4.69, 9.17) is 4.42 Å². The fourth-order valence-electron chi connectivity index (χ4n) is 10.8. The van der Waals surface area contributed by atoms with Gasteiger partial charge < -0.3 is 4.42 Å². The van der Waals surface area contributed by atoms with Crippen molar-refractivity contribution in [1.82, 2.24) is 4.57 Å². The molecule has 2 aliphatic rings. The zero-order chi connectivity index (χ0) is 41.5. The van der Waals surface area contributed by atoms with Gasteiger partial charge in [-0.3, -0.25) is 0 Å². The molecule has 60 heavy (non-hydrogen) atoms. The molecule has 9 aromatic rings. The van der Waals surface area contributed by atoms with Gasteiger partial charge in [0.15, 0.2) is 22.8 Å². The molecule has 0 amide bonds. The molecule has 5 heteroatoms. The molecule has 0 fully saturated rings. The second-order valence-electron chi connectivity index (χ2n) is 19.8. The number of nitrogens with zero attached hydrogens (tertiary/aromatic N) is 3. The van der Waals surface area contributed by atoms with E-state index in [2.05, 4.69) is 215 Å². The zero-order valence-electron chi connectivity index (χ0n) is 36.3. The van der Waals surface area contributed by atoms with E-state index >= 15 is 0 Å². The Morgan fingerprint density at radius 1 is 0.733 bits per heavy atom. The van der Waals surface area contributed by atoms with Crippen LogP contribution in [0.2, 0.25) is 19.6 Å². The first kappa shape index (κ1) is 37.0. The molecule has 4 nitrogen and oxygen atoms in total. The summed E-state index contributed by atoms with van der Waals surface area (Å²) in [4.78, 5) is 0. The number of aryl methyl sites for hydroxylation is 1. The van der Waals surface area contributed by atoms with Gasteiger partial charge in [0, 0.05) is 33.2 Å². The van der Waals surface area contributed by atoms with Gasteiger partial charge in [0.1, 0.15) is 16.8 Å². The van der Waals surface area contributed by atoms with Gasteiger partial charge in [-0.1, -0.05) is 145 Å². The van der Waals surface area contributed by atoms with Crippen LogP contribution in [0.5, 0.6) is 0 Å². The van der Waals surface area contributed by atoms with E-state index in [0.717, 1.165) is 39.7 Å². The number of furan rings is 1. The predicted molar refractivity (Wildman–Crippen MR) is 250 cm³/mol. The summed E-state index contributed by atoms with van der Waals surface area (Å²) < 4.78 is 15.2. The Hall–Kier alpha value is -6.04. The van der Waals surface area contributed by atoms with Gasteiger partial charge >= 0.3 is 11.5 Å². The Morgan fingerprint density at radius 2 is 1.48 bits per heavy atom. The van der Waals surface area contributed by atoms with Gasteiger partial charge in [0.05, 0.1) is 24.8 Å². The smallest absolute Gasteiger partial charge is 0.364 e. The van der Waals surface area contributed by atoms with Crippen LogP contribution in [0, 0.1) is 12.8 Å². The third-order valence-corrected chi connectivity index (χ3v) is 15.3. The highest BCUT2D eigenvalue weighted by Gasteiger charge is 2.67. The monoisotopic (exact) mass is 799 g/mol. The number of para-hydroxylation sites is 4. The van der Waals surface area contributed by atoms with E-state index in [1.165, 1.54) is 72.1 Å². The van der Waals surface area contributed by atoms with Crippen LogP contribution >= 0.6 is 0 Å². The van der Waals surface area contributed by atoms with Gasteiger partial charge in [-0.05, 0) is 78.3 Å². The van der Waals surface area contributed by atoms with Gasteiger partial charge in [-0.15, -0.1) is 9.13 Å². The maximum atomic E-state index is 7.17. The van der Waals surface area contributed by atoms with Crippen molar-refractivity contribution in [2.45, 2.75) is 78.7 Å². The normalized spacial score (nSPS) is 15.7. The molecule has 0 N–H and O–H groups in total. The molecule has 296 valence electrons. The summed E-state index contributed by atoms with van der Waals surface area (Å²) in [7, 11) is -1.85. The highest BCUT2D eigenvalue weighted by molar-refractivity contribution is 6.89. The Balaban J connectivity index is 1.41. The summed E-state index contributed by atoms with van der Waals surface area (Å²) in [5, 5.41) is 3.80. The Bertz CT molecular complexity index is 3240. The van der Waals surface area contributed by atoms with Crippen LogP contribution in [0.1, 0.15) is 62.4 Å². The van der Waals surface area contributed by atoms with Gasteiger partial charge in [-0.2, -0.15) is 4.57 Å². The Kier molecular flexibility index (Phi) is 7.85. The SMILES string of the molecule is Cc1ccc2c(c1)C1(c3ccc4c(oc5ccccc54)c3-c3n(-c4c(-c5ccccc5)cccc4C(C)(C)C)c4ccccc4[n+]31)[n+]1cc([Si](C)(C)C)c(CC(C)C)cc1-2. The summed E-state index contributed by atoms with van der Waals surface area (Å²) in [6.45, 7) is 21.5. The van der Waals surface area contributed by atoms with Crippen molar-refractivity contribution in [3.63, 3.8) is 0 Å². The van der Waals surface area contributed by atoms with Crippen molar-refractivity contribution in [2.75, 3.05) is 0 Å². The minimum atomic E-state index is -1.85. The number of benzene rings is 6. The molecule has 1 atom stereocenters. The van der Waals surface area contributed by atoms with Crippen LogP contribution in [0.25, 0.3) is 72.4 Å². The summed E-state index contributed by atoms with van der Waals surface area (Å²) >= 11 is 0. The topological polar surface area (TPSA) is 25.8 Å². The predicted octanol–water partition coefficient (Wildman–Crippen LogP) is 12.4. The average Bonchev–Trinajstić information content (AvgIpc) is 3.92. The molecule has 0 bridgehead atoms. The fraction of sp³-hybridized carbons (Fsp3) is 0.236. The lowest BCUT2D eigenvalue weighted by atomic mass is 9.83. The van der Waals surface area contributed by atoms with E-state index < -0.39 is 13.7 Å². The maximum absolute atomic E-state index is 7.17. The van der Waals surface area contributed by atoms with Crippen molar-refractivity contribution in [2.24, 2.45) is 5.92 Å². The lowest BCUT2D eigenvalue weighted by Crippen LogP contribution is -2.72. The maximum Gasteiger partial charge on any atom is 0.364 e. The third-order valence-electron chi connectivity index (χ3n) is 13.2. The largest absolute Gasteiger partial charge is 0.455 e. The Morgan fingerprint density at radius 3 is 2.25 bits per heavy atom. The first-order chi connectivity index (χ1) is 28.8. The van der Waals surface area contributed by atoms with Crippen LogP contribution in [0.3, 0.4) is 0 Å². The number of rotatable bonds is 5. The van der Waals surface area contributed by atoms with E-state index in [0.29, 0.717) is 5.92 Å². The quantitative estimate of drug-likeness (QED) is 0.126. The molecule has 6 aromatic carbocycles. The number of aromatic nitrogens is 3. The first-order valence-electron chi connectivity index (χ1n) is 21.7. The minimum Gasteiger partial charge on any atom is -0.455 e. The average molecular weight is 800 g/mol. The molecule has 0 saturated carbocycles. The second-order valence-corrected chi connectivity index (χ2v) is 24.8. The number of hydrogen-bond donors (Lipinski definition) is 0. The number of pyridine rings is 1. The van der Waals surface area contributed by atoms with Crippen LogP contribution < -0.4 is 14.3 Å². The molecule has 5 heterocycles. The Labute approximate surface area is 354 Å². The molecule has 1 spiro atoms. The molecule has 1 unspecified atom stereocenters. The second kappa shape index (κ2) is 12.7. The van der Waals surface area contributed by atoms with Crippen molar-refractivity contribution >= 4 is 46.2 Å². The first-order valence-corrected chi connectivity index (χ1v) is 25.2. The molecular formula is C55H53N3OSi+2. The number of fused-ring (bicyclic) bond motifs is 16. The van der Waals surface area contributed by atoms with Gasteiger partial charge in [-0.25, -0.2) is 0 Å². The van der Waals surface area contributed by atoms with Crippen LogP contribution in [0.4, 0.5) is 0 Å². The van der Waals surface area contributed by atoms with Crippen LogP contribution in [-0.2, 0) is 17.5 Å². The summed E-state index contributed by atoms with van der Waals surface area (Å²) in [5.74, 6) is 1.68.